The summed E-state index contributed by atoms with van der Waals surface area (Å²) in [4.78, 5) is 33.7. The molecule has 0 spiro atoms. The van der Waals surface area contributed by atoms with Crippen molar-refractivity contribution < 1.29 is 9.59 Å². The van der Waals surface area contributed by atoms with E-state index in [1.807, 2.05) is 34.8 Å². The van der Waals surface area contributed by atoms with Crippen LogP contribution in [0.4, 0.5) is 5.69 Å². The molecule has 3 heterocycles. The molecule has 2 unspecified atom stereocenters. The van der Waals surface area contributed by atoms with Crippen molar-refractivity contribution in [1.29, 1.82) is 0 Å². The smallest absolute Gasteiger partial charge is 0.228 e. The van der Waals surface area contributed by atoms with Gasteiger partial charge in [0, 0.05) is 62.8 Å². The zero-order valence-electron chi connectivity index (χ0n) is 15.1. The summed E-state index contributed by atoms with van der Waals surface area (Å²) in [5, 5.41) is 3.96. The number of benzene rings is 1. The molecule has 2 aromatic rings. The number of piperazine rings is 1. The zero-order valence-corrected chi connectivity index (χ0v) is 15.9. The van der Waals surface area contributed by atoms with Crippen molar-refractivity contribution in [2.45, 2.75) is 12.5 Å². The predicted molar refractivity (Wildman–Crippen MR) is 102 cm³/mol. The highest BCUT2D eigenvalue weighted by Crippen LogP contribution is 2.30. The molecule has 7 nitrogen and oxygen atoms in total. The normalized spacial score (nSPS) is 23.1. The first-order valence-electron chi connectivity index (χ1n) is 9.09. The van der Waals surface area contributed by atoms with Crippen LogP contribution in [-0.2, 0) is 16.6 Å². The summed E-state index contributed by atoms with van der Waals surface area (Å²) in [5.74, 6) is 0.511. The highest BCUT2D eigenvalue weighted by atomic mass is 35.5. The van der Waals surface area contributed by atoms with Gasteiger partial charge in [0.1, 0.15) is 11.9 Å². The summed E-state index contributed by atoms with van der Waals surface area (Å²) in [5.41, 5.74) is 0.778. The van der Waals surface area contributed by atoms with E-state index in [9.17, 15) is 9.59 Å². The van der Waals surface area contributed by atoms with Crippen LogP contribution in [0.2, 0.25) is 5.02 Å². The van der Waals surface area contributed by atoms with Crippen LogP contribution >= 0.6 is 11.6 Å². The van der Waals surface area contributed by atoms with Crippen molar-refractivity contribution in [3.05, 3.63) is 47.5 Å². The fourth-order valence-electron chi connectivity index (χ4n) is 3.88. The Morgan fingerprint density at radius 2 is 2.07 bits per heavy atom. The van der Waals surface area contributed by atoms with Crippen molar-refractivity contribution >= 4 is 29.1 Å². The molecule has 1 aromatic carbocycles. The van der Waals surface area contributed by atoms with Gasteiger partial charge in [0.25, 0.3) is 0 Å². The second-order valence-corrected chi connectivity index (χ2v) is 7.47. The summed E-state index contributed by atoms with van der Waals surface area (Å²) in [7, 11) is 1.93. The zero-order chi connectivity index (χ0) is 19.0. The molecule has 0 bridgehead atoms. The maximum atomic E-state index is 13.3. The molecule has 2 aliphatic heterocycles. The molecular formula is C19H22ClN5O2. The Hall–Kier alpha value is -2.38. The average molecular weight is 388 g/mol. The van der Waals surface area contributed by atoms with Gasteiger partial charge in [-0.1, -0.05) is 11.6 Å². The lowest BCUT2D eigenvalue weighted by atomic mass is 10.0. The molecule has 4 rings (SSSR count). The Balaban J connectivity index is 1.52. The lowest BCUT2D eigenvalue weighted by molar-refractivity contribution is -0.139. The summed E-state index contributed by atoms with van der Waals surface area (Å²) in [6, 6.07) is 7.02. The minimum Gasteiger partial charge on any atom is -0.336 e. The number of aromatic nitrogens is 2. The summed E-state index contributed by atoms with van der Waals surface area (Å²) >= 11 is 5.93. The van der Waals surface area contributed by atoms with Gasteiger partial charge in [-0.2, -0.15) is 0 Å². The fourth-order valence-corrected chi connectivity index (χ4v) is 4.00. The van der Waals surface area contributed by atoms with Gasteiger partial charge in [-0.05, 0) is 24.3 Å². The molecular weight excluding hydrogens is 366 g/mol. The number of imidazole rings is 1. The third-order valence-electron chi connectivity index (χ3n) is 5.30. The van der Waals surface area contributed by atoms with Gasteiger partial charge in [-0.25, -0.2) is 4.98 Å². The molecule has 27 heavy (non-hydrogen) atoms. The van der Waals surface area contributed by atoms with Gasteiger partial charge in [0.2, 0.25) is 11.8 Å². The van der Waals surface area contributed by atoms with Crippen LogP contribution in [0.25, 0.3) is 0 Å². The first-order chi connectivity index (χ1) is 13.0. The lowest BCUT2D eigenvalue weighted by Gasteiger charge is -2.37. The monoisotopic (exact) mass is 387 g/mol. The number of hydrogen-bond donors (Lipinski definition) is 1. The Labute approximate surface area is 162 Å². The van der Waals surface area contributed by atoms with Gasteiger partial charge in [-0.3, -0.25) is 9.59 Å². The molecule has 1 aromatic heterocycles. The summed E-state index contributed by atoms with van der Waals surface area (Å²) < 4.78 is 1.94. The van der Waals surface area contributed by atoms with Crippen LogP contribution in [0.5, 0.6) is 0 Å². The first kappa shape index (κ1) is 18.0. The number of halogens is 1. The van der Waals surface area contributed by atoms with Gasteiger partial charge in [0.15, 0.2) is 0 Å². The maximum absolute atomic E-state index is 13.3. The molecule has 2 amide bonds. The topological polar surface area (TPSA) is 70.5 Å². The van der Waals surface area contributed by atoms with E-state index < -0.39 is 0 Å². The average Bonchev–Trinajstić information content (AvgIpc) is 3.27. The standard InChI is InChI=1S/C19H22ClN5O2/c1-23-8-7-22-18(23)16-11-21-6-9-24(16)19(27)13-10-17(26)25(12-13)15-4-2-14(20)3-5-15/h2-5,7-8,13,16,21H,6,9-12H2,1H3. The van der Waals surface area contributed by atoms with Crippen LogP contribution in [0.3, 0.4) is 0 Å². The predicted octanol–water partition coefficient (Wildman–Crippen LogP) is 1.60. The summed E-state index contributed by atoms with van der Waals surface area (Å²) in [6.07, 6.45) is 3.86. The minimum atomic E-state index is -0.339. The Morgan fingerprint density at radius 3 is 2.78 bits per heavy atom. The number of carbonyl (C=O) groups excluding carboxylic acids is 2. The van der Waals surface area contributed by atoms with Gasteiger partial charge in [0.05, 0.1) is 5.92 Å². The maximum Gasteiger partial charge on any atom is 0.228 e. The Morgan fingerprint density at radius 1 is 1.30 bits per heavy atom. The number of aryl methyl sites for hydroxylation is 1. The van der Waals surface area contributed by atoms with Gasteiger partial charge in [-0.15, -0.1) is 0 Å². The van der Waals surface area contributed by atoms with Crippen molar-refractivity contribution in [3.8, 4) is 0 Å². The second-order valence-electron chi connectivity index (χ2n) is 7.03. The van der Waals surface area contributed by atoms with E-state index in [-0.39, 0.29) is 30.2 Å². The number of amides is 2. The van der Waals surface area contributed by atoms with E-state index in [4.69, 9.17) is 11.6 Å². The molecule has 0 aliphatic carbocycles. The van der Waals surface area contributed by atoms with E-state index in [2.05, 4.69) is 10.3 Å². The van der Waals surface area contributed by atoms with Crippen LogP contribution in [-0.4, -0.2) is 52.4 Å². The van der Waals surface area contributed by atoms with Crippen LogP contribution < -0.4 is 10.2 Å². The highest BCUT2D eigenvalue weighted by Gasteiger charge is 2.40. The van der Waals surface area contributed by atoms with Crippen molar-refractivity contribution in [1.82, 2.24) is 19.8 Å². The van der Waals surface area contributed by atoms with Gasteiger partial charge < -0.3 is 19.7 Å². The molecule has 2 aliphatic rings. The number of anilines is 1. The number of nitrogens with zero attached hydrogens (tertiary/aromatic N) is 4. The van der Waals surface area contributed by atoms with Crippen molar-refractivity contribution in [3.63, 3.8) is 0 Å². The van der Waals surface area contributed by atoms with Crippen LogP contribution in [0, 0.1) is 5.92 Å². The van der Waals surface area contributed by atoms with E-state index in [0.717, 1.165) is 18.1 Å². The number of nitrogens with one attached hydrogen (secondary N) is 1. The van der Waals surface area contributed by atoms with E-state index in [1.165, 1.54) is 0 Å². The number of rotatable bonds is 3. The second kappa shape index (κ2) is 7.32. The Bertz CT molecular complexity index is 850. The largest absolute Gasteiger partial charge is 0.336 e. The van der Waals surface area contributed by atoms with E-state index >= 15 is 0 Å². The van der Waals surface area contributed by atoms with E-state index in [1.54, 1.807) is 23.2 Å². The molecule has 142 valence electrons. The van der Waals surface area contributed by atoms with Crippen LogP contribution in [0.1, 0.15) is 18.3 Å². The highest BCUT2D eigenvalue weighted by molar-refractivity contribution is 6.30. The summed E-state index contributed by atoms with van der Waals surface area (Å²) in [6.45, 7) is 2.42. The molecule has 0 radical (unpaired) electrons. The molecule has 1 N–H and O–H groups in total. The van der Waals surface area contributed by atoms with E-state index in [0.29, 0.717) is 24.7 Å². The third kappa shape index (κ3) is 3.44. The molecule has 2 atom stereocenters. The van der Waals surface area contributed by atoms with Gasteiger partial charge >= 0.3 is 0 Å². The number of carbonyl (C=O) groups is 2. The Kier molecular flexibility index (Phi) is 4.88. The minimum absolute atomic E-state index is 0.0225. The molecule has 8 heteroatoms. The molecule has 2 fully saturated rings. The first-order valence-corrected chi connectivity index (χ1v) is 9.46. The third-order valence-corrected chi connectivity index (χ3v) is 5.55. The van der Waals surface area contributed by atoms with Crippen LogP contribution in [0.15, 0.2) is 36.7 Å². The SMILES string of the molecule is Cn1ccnc1C1CNCCN1C(=O)C1CC(=O)N(c2ccc(Cl)cc2)C1. The molecule has 0 saturated carbocycles. The quantitative estimate of drug-likeness (QED) is 0.868. The fraction of sp³-hybridized carbons (Fsp3) is 0.421. The van der Waals surface area contributed by atoms with Crippen molar-refractivity contribution in [2.75, 3.05) is 31.1 Å². The lowest BCUT2D eigenvalue weighted by Crippen LogP contribution is -2.51. The van der Waals surface area contributed by atoms with Crippen molar-refractivity contribution in [2.24, 2.45) is 13.0 Å². The molecule has 2 saturated heterocycles. The number of hydrogen-bond acceptors (Lipinski definition) is 4.